The van der Waals surface area contributed by atoms with Crippen molar-refractivity contribution in [3.63, 3.8) is 0 Å². The Balaban J connectivity index is 0.000000167. The Bertz CT molecular complexity index is 3110. The van der Waals surface area contributed by atoms with Crippen molar-refractivity contribution in [2.75, 3.05) is 61.7 Å². The van der Waals surface area contributed by atoms with Crippen molar-refractivity contribution in [2.24, 2.45) is 0 Å². The number of aromatic amines is 2. The molecule has 0 fully saturated rings. The first kappa shape index (κ1) is 58.2. The van der Waals surface area contributed by atoms with Gasteiger partial charge in [0.05, 0.1) is 46.9 Å². The lowest BCUT2D eigenvalue weighted by atomic mass is 10.0. The van der Waals surface area contributed by atoms with E-state index >= 15 is 0 Å². The molecule has 408 valence electrons. The normalized spacial score (nSPS) is 14.1. The van der Waals surface area contributed by atoms with Crippen LogP contribution in [0, 0.1) is 0 Å². The van der Waals surface area contributed by atoms with Crippen LogP contribution >= 0.6 is 0 Å². The minimum absolute atomic E-state index is 0.0813. The zero-order chi connectivity index (χ0) is 55.4. The Kier molecular flexibility index (Phi) is 21.7. The van der Waals surface area contributed by atoms with Gasteiger partial charge in [-0.05, 0) is 49.9 Å². The molecule has 0 bridgehead atoms. The quantitative estimate of drug-likeness (QED) is 0.0848. The Morgan fingerprint density at radius 2 is 0.987 bits per heavy atom. The number of nitrogens with zero attached hydrogens (tertiary/aromatic N) is 4. The standard InChI is InChI=1S/2C17H18N2O3.C11H14N2O3.C10H12N2O3.C2H6/c1-22-16-13-7-8-19(10-12-5-3-2-4-6-12)11-15(13)18-9-14(16)17(20)21;1-22-17(21)14-9-18-15-11-19(8-7-13(15)16(14)20)10-12-5-3-2-4-6-12;1-15-10-7-3-4-12-6-9(7)13-5-8(10)11(14)16-2;1-15-10(14)7-4-12-8-5-11-3-2-6(8)9(7)13;1-2/h2-6,9H,7-8,10-11H2,1H3,(H,20,21);2-6,9H,7-8,10-11H2,1H3,(H,18,20);5,12H,3-4,6H2,1-2H3;4,11H,2-3,5H2,1H3,(H,12,13);1-2H3. The molecule has 0 spiro atoms. The second-order valence-corrected chi connectivity index (χ2v) is 17.8. The van der Waals surface area contributed by atoms with E-state index in [1.807, 2.05) is 50.2 Å². The van der Waals surface area contributed by atoms with Gasteiger partial charge in [0.15, 0.2) is 10.9 Å². The summed E-state index contributed by atoms with van der Waals surface area (Å²) in [5.41, 5.74) is 9.70. The number of aromatic nitrogens is 4. The molecule has 4 aromatic heterocycles. The molecule has 0 amide bonds. The molecular formula is C57H68N8O12. The lowest BCUT2D eigenvalue weighted by Gasteiger charge is -2.29. The lowest BCUT2D eigenvalue weighted by Crippen LogP contribution is -2.35. The number of carboxylic acid groups (broad SMARTS) is 1. The van der Waals surface area contributed by atoms with Crippen LogP contribution in [0.2, 0.25) is 0 Å². The van der Waals surface area contributed by atoms with E-state index < -0.39 is 23.9 Å². The zero-order valence-electron chi connectivity index (χ0n) is 44.7. The van der Waals surface area contributed by atoms with Crippen LogP contribution < -0.4 is 31.0 Å². The fraction of sp³-hybridized carbons (Fsp3) is 0.368. The number of hydrogen-bond donors (Lipinski definition) is 5. The number of pyridine rings is 4. The number of carbonyl (C=O) groups excluding carboxylic acids is 3. The summed E-state index contributed by atoms with van der Waals surface area (Å²) in [6, 6.07) is 20.5. The van der Waals surface area contributed by atoms with E-state index in [0.29, 0.717) is 67.2 Å². The third-order valence-corrected chi connectivity index (χ3v) is 13.1. The second-order valence-electron chi connectivity index (χ2n) is 17.8. The summed E-state index contributed by atoms with van der Waals surface area (Å²) in [7, 11) is 6.97. The summed E-state index contributed by atoms with van der Waals surface area (Å²) in [4.78, 5) is 89.0. The number of methoxy groups -OCH3 is 5. The molecule has 0 unspecified atom stereocenters. The number of benzene rings is 2. The molecule has 0 aliphatic carbocycles. The van der Waals surface area contributed by atoms with Crippen LogP contribution in [0.3, 0.4) is 0 Å². The number of rotatable bonds is 10. The van der Waals surface area contributed by atoms with Crippen molar-refractivity contribution in [2.45, 2.75) is 78.8 Å². The largest absolute Gasteiger partial charge is 0.495 e. The Labute approximate surface area is 447 Å². The average molecular weight is 1060 g/mol. The molecule has 6 aromatic rings. The molecule has 0 radical (unpaired) electrons. The van der Waals surface area contributed by atoms with Crippen molar-refractivity contribution < 1.29 is 48.0 Å². The molecule has 20 nitrogen and oxygen atoms in total. The third kappa shape index (κ3) is 14.7. The van der Waals surface area contributed by atoms with E-state index in [2.05, 4.69) is 74.1 Å². The average Bonchev–Trinajstić information content (AvgIpc) is 3.48. The Morgan fingerprint density at radius 1 is 0.545 bits per heavy atom. The SMILES string of the molecule is CC.COC(=O)c1c[nH]c2c(c1=O)CCN(Cc1ccccc1)C2.COC(=O)c1c[nH]c2c(c1=O)CCNC2.COC(=O)c1cnc2c(c1OC)CCNC2.COc1c(C(=O)O)cnc2c1CCN(Cc1ccccc1)C2. The fourth-order valence-electron chi connectivity index (χ4n) is 9.33. The first-order valence-corrected chi connectivity index (χ1v) is 25.4. The van der Waals surface area contributed by atoms with E-state index in [0.717, 1.165) is 86.0 Å². The van der Waals surface area contributed by atoms with Crippen LogP contribution in [-0.2, 0) is 79.2 Å². The number of H-pyrrole nitrogens is 2. The monoisotopic (exact) mass is 1060 g/mol. The molecule has 4 aliphatic rings. The number of ether oxygens (including phenoxy) is 5. The number of aromatic carboxylic acids is 1. The highest BCUT2D eigenvalue weighted by atomic mass is 16.5. The summed E-state index contributed by atoms with van der Waals surface area (Å²) >= 11 is 0. The first-order chi connectivity index (χ1) is 37.4. The highest BCUT2D eigenvalue weighted by Gasteiger charge is 2.27. The summed E-state index contributed by atoms with van der Waals surface area (Å²) in [5, 5.41) is 15.6. The number of carbonyl (C=O) groups is 4. The number of hydrogen-bond acceptors (Lipinski definition) is 17. The van der Waals surface area contributed by atoms with Crippen molar-refractivity contribution in [1.82, 2.24) is 40.4 Å². The Morgan fingerprint density at radius 3 is 1.53 bits per heavy atom. The number of esters is 3. The molecule has 8 heterocycles. The van der Waals surface area contributed by atoms with Crippen LogP contribution in [0.25, 0.3) is 0 Å². The molecule has 0 saturated carbocycles. The van der Waals surface area contributed by atoms with Crippen molar-refractivity contribution >= 4 is 23.9 Å². The van der Waals surface area contributed by atoms with Crippen LogP contribution in [-0.4, -0.2) is 120 Å². The van der Waals surface area contributed by atoms with Gasteiger partial charge in [0.2, 0.25) is 0 Å². The first-order valence-electron chi connectivity index (χ1n) is 25.4. The van der Waals surface area contributed by atoms with Crippen LogP contribution in [0.1, 0.15) is 111 Å². The highest BCUT2D eigenvalue weighted by Crippen LogP contribution is 2.31. The van der Waals surface area contributed by atoms with Crippen LogP contribution in [0.15, 0.2) is 95.0 Å². The van der Waals surface area contributed by atoms with Crippen molar-refractivity contribution in [3.8, 4) is 11.5 Å². The molecule has 20 heteroatoms. The topological polar surface area (TPSA) is 257 Å². The van der Waals surface area contributed by atoms with Gasteiger partial charge < -0.3 is 49.4 Å². The van der Waals surface area contributed by atoms with Crippen LogP contribution in [0.4, 0.5) is 0 Å². The number of nitrogens with one attached hydrogen (secondary N) is 4. The smallest absolute Gasteiger partial charge is 0.343 e. The fourth-order valence-corrected chi connectivity index (χ4v) is 9.33. The molecule has 2 aromatic carbocycles. The van der Waals surface area contributed by atoms with Gasteiger partial charge in [-0.15, -0.1) is 0 Å². The third-order valence-electron chi connectivity index (χ3n) is 13.1. The van der Waals surface area contributed by atoms with Gasteiger partial charge in [-0.25, -0.2) is 19.2 Å². The summed E-state index contributed by atoms with van der Waals surface area (Å²) < 4.78 is 24.5. The lowest BCUT2D eigenvalue weighted by molar-refractivity contribution is 0.0587. The molecule has 5 N–H and O–H groups in total. The Hall–Kier alpha value is -8.04. The van der Waals surface area contributed by atoms with Gasteiger partial charge in [0, 0.05) is 111 Å². The zero-order valence-corrected chi connectivity index (χ0v) is 44.7. The van der Waals surface area contributed by atoms with E-state index in [4.69, 9.17) is 14.2 Å². The van der Waals surface area contributed by atoms with Gasteiger partial charge in [0.1, 0.15) is 33.8 Å². The van der Waals surface area contributed by atoms with Crippen molar-refractivity contribution in [3.05, 3.63) is 184 Å². The molecule has 10 rings (SSSR count). The van der Waals surface area contributed by atoms with Gasteiger partial charge in [0.25, 0.3) is 0 Å². The highest BCUT2D eigenvalue weighted by molar-refractivity contribution is 5.93. The minimum atomic E-state index is -1.00. The van der Waals surface area contributed by atoms with Crippen molar-refractivity contribution in [1.29, 1.82) is 0 Å². The van der Waals surface area contributed by atoms with Gasteiger partial charge in [-0.1, -0.05) is 74.5 Å². The summed E-state index contributed by atoms with van der Waals surface area (Å²) in [6.45, 7) is 11.8. The molecule has 77 heavy (non-hydrogen) atoms. The predicted molar refractivity (Wildman–Crippen MR) is 287 cm³/mol. The van der Waals surface area contributed by atoms with E-state index in [-0.39, 0.29) is 27.5 Å². The molecular weight excluding hydrogens is 989 g/mol. The van der Waals surface area contributed by atoms with Gasteiger partial charge >= 0.3 is 23.9 Å². The maximum atomic E-state index is 12.3. The predicted octanol–water partition coefficient (Wildman–Crippen LogP) is 5.42. The number of fused-ring (bicyclic) bond motifs is 4. The van der Waals surface area contributed by atoms with Gasteiger partial charge in [-0.2, -0.15) is 0 Å². The molecule has 4 aliphatic heterocycles. The van der Waals surface area contributed by atoms with E-state index in [1.54, 1.807) is 7.11 Å². The minimum Gasteiger partial charge on any atom is -0.495 e. The van der Waals surface area contributed by atoms with E-state index in [9.17, 15) is 33.9 Å². The van der Waals surface area contributed by atoms with E-state index in [1.165, 1.54) is 64.4 Å². The molecule has 0 saturated heterocycles. The van der Waals surface area contributed by atoms with Crippen LogP contribution in [0.5, 0.6) is 11.5 Å². The van der Waals surface area contributed by atoms with Gasteiger partial charge in [-0.3, -0.25) is 29.4 Å². The second kappa shape index (κ2) is 28.7. The maximum Gasteiger partial charge on any atom is 0.343 e. The summed E-state index contributed by atoms with van der Waals surface area (Å²) in [5.74, 6) is -1.53. The maximum absolute atomic E-state index is 12.3. The number of carboxylic acids is 1. The summed E-state index contributed by atoms with van der Waals surface area (Å²) in [6.07, 6.45) is 8.63. The molecule has 0 atom stereocenters.